The van der Waals surface area contributed by atoms with Crippen LogP contribution >= 0.6 is 27.5 Å². The molecule has 0 atom stereocenters. The number of barbiturate groups is 1. The van der Waals surface area contributed by atoms with Crippen LogP contribution in [0.1, 0.15) is 5.56 Å². The van der Waals surface area contributed by atoms with Crippen LogP contribution in [-0.4, -0.2) is 37.5 Å². The summed E-state index contributed by atoms with van der Waals surface area (Å²) < 4.78 is 11.5. The molecule has 4 rings (SSSR count). The highest BCUT2D eigenvalue weighted by molar-refractivity contribution is 9.10. The van der Waals surface area contributed by atoms with Gasteiger partial charge in [0.2, 0.25) is 0 Å². The second kappa shape index (κ2) is 11.3. The Morgan fingerprint density at radius 1 is 1.05 bits per heavy atom. The molecule has 0 aromatic heterocycles. The molecular formula is C26H19BrClN3O6. The second-order valence-electron chi connectivity index (χ2n) is 7.66. The molecule has 188 valence electrons. The molecule has 0 spiro atoms. The van der Waals surface area contributed by atoms with Gasteiger partial charge in [-0.1, -0.05) is 45.7 Å². The summed E-state index contributed by atoms with van der Waals surface area (Å²) in [7, 11) is 1.41. The number of carbonyl (C=O) groups is 4. The van der Waals surface area contributed by atoms with Gasteiger partial charge in [0.15, 0.2) is 18.1 Å². The lowest BCUT2D eigenvalue weighted by Gasteiger charge is -2.26. The van der Waals surface area contributed by atoms with E-state index in [1.165, 1.54) is 43.5 Å². The first-order valence-electron chi connectivity index (χ1n) is 10.8. The van der Waals surface area contributed by atoms with E-state index in [1.54, 1.807) is 30.3 Å². The number of amides is 5. The van der Waals surface area contributed by atoms with Gasteiger partial charge in [-0.25, -0.2) is 9.69 Å². The summed E-state index contributed by atoms with van der Waals surface area (Å²) in [6.45, 7) is -0.281. The van der Waals surface area contributed by atoms with Crippen LogP contribution in [0.15, 0.2) is 76.8 Å². The Kier molecular flexibility index (Phi) is 7.90. The number of hydrogen-bond acceptors (Lipinski definition) is 6. The van der Waals surface area contributed by atoms with Crippen molar-refractivity contribution in [2.24, 2.45) is 0 Å². The number of nitrogens with zero attached hydrogens (tertiary/aromatic N) is 1. The molecule has 1 heterocycles. The summed E-state index contributed by atoms with van der Waals surface area (Å²) in [6, 6.07) is 17.2. The fourth-order valence-corrected chi connectivity index (χ4v) is 4.00. The normalized spacial score (nSPS) is 14.4. The molecule has 1 aliphatic rings. The monoisotopic (exact) mass is 583 g/mol. The van der Waals surface area contributed by atoms with E-state index < -0.39 is 17.8 Å². The molecule has 0 bridgehead atoms. The third-order valence-electron chi connectivity index (χ3n) is 5.19. The molecule has 37 heavy (non-hydrogen) atoms. The van der Waals surface area contributed by atoms with Gasteiger partial charge in [0.25, 0.3) is 17.7 Å². The van der Waals surface area contributed by atoms with Gasteiger partial charge in [-0.15, -0.1) is 0 Å². The van der Waals surface area contributed by atoms with E-state index in [4.69, 9.17) is 21.1 Å². The average Bonchev–Trinajstić information content (AvgIpc) is 2.87. The summed E-state index contributed by atoms with van der Waals surface area (Å²) in [4.78, 5) is 51.1. The number of imide groups is 2. The summed E-state index contributed by atoms with van der Waals surface area (Å²) in [5, 5.41) is 5.31. The number of nitrogens with one attached hydrogen (secondary N) is 2. The number of carbonyl (C=O) groups excluding carboxylic acids is 4. The molecular weight excluding hydrogens is 566 g/mol. The Morgan fingerprint density at radius 3 is 2.43 bits per heavy atom. The number of ether oxygens (including phenoxy) is 2. The number of anilines is 2. The SMILES string of the molecule is COc1cc(/C=C2\C(=O)NC(=O)N(c3ccc(Cl)cc3)C2=O)c(Br)cc1OCC(=O)Nc1ccccc1. The predicted octanol–water partition coefficient (Wildman–Crippen LogP) is 4.80. The number of methoxy groups -OCH3 is 1. The number of urea groups is 1. The Hall–Kier alpha value is -4.15. The number of rotatable bonds is 7. The molecule has 1 saturated heterocycles. The van der Waals surface area contributed by atoms with Gasteiger partial charge < -0.3 is 14.8 Å². The Labute approximate surface area is 225 Å². The maximum absolute atomic E-state index is 13.1. The van der Waals surface area contributed by atoms with Crippen molar-refractivity contribution < 1.29 is 28.7 Å². The smallest absolute Gasteiger partial charge is 0.335 e. The first-order chi connectivity index (χ1) is 17.8. The average molecular weight is 585 g/mol. The van der Waals surface area contributed by atoms with Crippen molar-refractivity contribution in [1.82, 2.24) is 5.32 Å². The van der Waals surface area contributed by atoms with Gasteiger partial charge in [0.1, 0.15) is 5.57 Å². The lowest BCUT2D eigenvalue weighted by Crippen LogP contribution is -2.54. The van der Waals surface area contributed by atoms with E-state index in [-0.39, 0.29) is 35.3 Å². The first kappa shape index (κ1) is 25.9. The third kappa shape index (κ3) is 5.99. The minimum absolute atomic E-state index is 0.250. The minimum Gasteiger partial charge on any atom is -0.493 e. The quantitative estimate of drug-likeness (QED) is 0.305. The fourth-order valence-electron chi connectivity index (χ4n) is 3.43. The van der Waals surface area contributed by atoms with Gasteiger partial charge in [-0.3, -0.25) is 19.7 Å². The van der Waals surface area contributed by atoms with Crippen LogP contribution in [0.3, 0.4) is 0 Å². The molecule has 1 fully saturated rings. The van der Waals surface area contributed by atoms with Crippen molar-refractivity contribution >= 4 is 68.7 Å². The zero-order valence-electron chi connectivity index (χ0n) is 19.3. The first-order valence-corrected chi connectivity index (χ1v) is 12.0. The fraction of sp³-hybridized carbons (Fsp3) is 0.0769. The maximum Gasteiger partial charge on any atom is 0.335 e. The Morgan fingerprint density at radius 2 is 1.76 bits per heavy atom. The largest absolute Gasteiger partial charge is 0.493 e. The molecule has 3 aromatic carbocycles. The van der Waals surface area contributed by atoms with Crippen LogP contribution in [-0.2, 0) is 14.4 Å². The molecule has 1 aliphatic heterocycles. The Bertz CT molecular complexity index is 1410. The van der Waals surface area contributed by atoms with Crippen LogP contribution in [0, 0.1) is 0 Å². The predicted molar refractivity (Wildman–Crippen MR) is 142 cm³/mol. The highest BCUT2D eigenvalue weighted by atomic mass is 79.9. The molecule has 3 aromatic rings. The molecule has 9 nitrogen and oxygen atoms in total. The number of para-hydroxylation sites is 1. The standard InChI is InChI=1S/C26H19BrClN3O6/c1-36-21-12-15(20(27)13-22(21)37-14-23(32)29-17-5-3-2-4-6-17)11-19-24(33)30-26(35)31(25(19)34)18-9-7-16(28)8-10-18/h2-13H,14H2,1H3,(H,29,32)(H,30,33,35)/b19-11+. The van der Waals surface area contributed by atoms with E-state index in [0.29, 0.717) is 20.7 Å². The van der Waals surface area contributed by atoms with Gasteiger partial charge in [-0.05, 0) is 60.2 Å². The summed E-state index contributed by atoms with van der Waals surface area (Å²) >= 11 is 9.30. The van der Waals surface area contributed by atoms with Crippen LogP contribution in [0.5, 0.6) is 11.5 Å². The molecule has 11 heteroatoms. The number of benzene rings is 3. The van der Waals surface area contributed by atoms with E-state index in [1.807, 2.05) is 6.07 Å². The Balaban J connectivity index is 1.56. The van der Waals surface area contributed by atoms with E-state index >= 15 is 0 Å². The minimum atomic E-state index is -0.872. The molecule has 0 radical (unpaired) electrons. The van der Waals surface area contributed by atoms with Gasteiger partial charge in [0.05, 0.1) is 12.8 Å². The van der Waals surface area contributed by atoms with E-state index in [2.05, 4.69) is 26.6 Å². The maximum atomic E-state index is 13.1. The van der Waals surface area contributed by atoms with Gasteiger partial charge >= 0.3 is 6.03 Å². The van der Waals surface area contributed by atoms with E-state index in [0.717, 1.165) is 4.90 Å². The molecule has 0 unspecified atom stereocenters. The summed E-state index contributed by atoms with van der Waals surface area (Å²) in [5.41, 5.74) is 1.02. The van der Waals surface area contributed by atoms with Gasteiger partial charge in [0, 0.05) is 15.2 Å². The lowest BCUT2D eigenvalue weighted by atomic mass is 10.1. The van der Waals surface area contributed by atoms with E-state index in [9.17, 15) is 19.2 Å². The van der Waals surface area contributed by atoms with Crippen molar-refractivity contribution in [2.45, 2.75) is 0 Å². The highest BCUT2D eigenvalue weighted by Gasteiger charge is 2.37. The summed E-state index contributed by atoms with van der Waals surface area (Å²) in [5.74, 6) is -1.50. The molecule has 5 amide bonds. The summed E-state index contributed by atoms with van der Waals surface area (Å²) in [6.07, 6.45) is 1.32. The highest BCUT2D eigenvalue weighted by Crippen LogP contribution is 2.35. The zero-order chi connectivity index (χ0) is 26.5. The number of halogens is 2. The van der Waals surface area contributed by atoms with Crippen molar-refractivity contribution in [1.29, 1.82) is 0 Å². The van der Waals surface area contributed by atoms with Crippen LogP contribution in [0.2, 0.25) is 5.02 Å². The van der Waals surface area contributed by atoms with Crippen LogP contribution in [0.4, 0.5) is 16.2 Å². The lowest BCUT2D eigenvalue weighted by molar-refractivity contribution is -0.122. The number of hydrogen-bond donors (Lipinski definition) is 2. The molecule has 2 N–H and O–H groups in total. The van der Waals surface area contributed by atoms with Gasteiger partial charge in [-0.2, -0.15) is 0 Å². The third-order valence-corrected chi connectivity index (χ3v) is 6.12. The van der Waals surface area contributed by atoms with Crippen molar-refractivity contribution in [3.8, 4) is 11.5 Å². The van der Waals surface area contributed by atoms with Crippen molar-refractivity contribution in [3.63, 3.8) is 0 Å². The van der Waals surface area contributed by atoms with Crippen molar-refractivity contribution in [3.05, 3.63) is 87.4 Å². The second-order valence-corrected chi connectivity index (χ2v) is 8.95. The van der Waals surface area contributed by atoms with Crippen LogP contribution < -0.4 is 25.0 Å². The molecule has 0 aliphatic carbocycles. The molecule has 0 saturated carbocycles. The van der Waals surface area contributed by atoms with Crippen molar-refractivity contribution in [2.75, 3.05) is 23.9 Å². The topological polar surface area (TPSA) is 114 Å². The van der Waals surface area contributed by atoms with Crippen LogP contribution in [0.25, 0.3) is 6.08 Å². The zero-order valence-corrected chi connectivity index (χ0v) is 21.6.